The summed E-state index contributed by atoms with van der Waals surface area (Å²) in [6, 6.07) is 2.89. The molecule has 0 spiro atoms. The third-order valence-electron chi connectivity index (χ3n) is 6.68. The highest BCUT2D eigenvalue weighted by Gasteiger charge is 2.44. The summed E-state index contributed by atoms with van der Waals surface area (Å²) in [5.74, 6) is -0.281. The highest BCUT2D eigenvalue weighted by molar-refractivity contribution is 5.92. The zero-order valence-corrected chi connectivity index (χ0v) is 16.4. The lowest BCUT2D eigenvalue weighted by atomic mass is 9.62. The van der Waals surface area contributed by atoms with Crippen molar-refractivity contribution in [3.8, 4) is 11.3 Å². The van der Waals surface area contributed by atoms with Gasteiger partial charge in [-0.15, -0.1) is 0 Å². The van der Waals surface area contributed by atoms with Crippen molar-refractivity contribution < 1.29 is 22.4 Å². The van der Waals surface area contributed by atoms with Crippen LogP contribution >= 0.6 is 0 Å². The van der Waals surface area contributed by atoms with E-state index in [2.05, 4.69) is 20.3 Å². The van der Waals surface area contributed by atoms with Crippen LogP contribution in [-0.4, -0.2) is 27.3 Å². The first-order valence-electron chi connectivity index (χ1n) is 10.3. The second-order valence-electron chi connectivity index (χ2n) is 8.43. The molecule has 0 aromatic carbocycles. The molecule has 31 heavy (non-hydrogen) atoms. The molecule has 5 nitrogen and oxygen atoms in total. The first kappa shape index (κ1) is 20.0. The van der Waals surface area contributed by atoms with Crippen molar-refractivity contribution in [1.82, 2.24) is 15.0 Å². The van der Waals surface area contributed by atoms with Crippen molar-refractivity contribution in [2.24, 2.45) is 17.8 Å². The van der Waals surface area contributed by atoms with Gasteiger partial charge in [0.05, 0.1) is 17.5 Å². The fourth-order valence-electron chi connectivity index (χ4n) is 5.17. The predicted octanol–water partition coefficient (Wildman–Crippen LogP) is 5.20. The standard InChI is InChI=1S/C22H20F4N4O/c23-14-7-15-16(9-28-21(15)27-8-14)18-5-13(22(24,25)26)6-19(29-18)30-20-12-3-1-11(2-4-12)17(20)10-31/h5-12,17,20H,1-4H2,(H,27,28)(H,29,30)/t11?,12?,17-,20+/m0/s1. The normalized spacial score (nSPS) is 25.7. The Morgan fingerprint density at radius 1 is 1.10 bits per heavy atom. The Labute approximate surface area is 175 Å². The zero-order chi connectivity index (χ0) is 21.8. The average Bonchev–Trinajstić information content (AvgIpc) is 3.17. The Morgan fingerprint density at radius 3 is 2.55 bits per heavy atom. The quantitative estimate of drug-likeness (QED) is 0.439. The Bertz CT molecular complexity index is 1130. The maximum Gasteiger partial charge on any atom is 0.416 e. The van der Waals surface area contributed by atoms with Crippen molar-refractivity contribution in [3.63, 3.8) is 0 Å². The number of hydrogen-bond donors (Lipinski definition) is 2. The number of aldehydes is 1. The summed E-state index contributed by atoms with van der Waals surface area (Å²) in [6.45, 7) is 0. The molecule has 3 aromatic heterocycles. The smallest absolute Gasteiger partial charge is 0.366 e. The average molecular weight is 432 g/mol. The number of pyridine rings is 2. The maximum absolute atomic E-state index is 13.7. The SMILES string of the molecule is O=C[C@H]1C2CCC(CC2)[C@H]1Nc1cc(C(F)(F)F)cc(-c2c[nH]c3ncc(F)cc23)n1. The summed E-state index contributed by atoms with van der Waals surface area (Å²) in [6.07, 6.45) is 2.70. The number of aromatic amines is 1. The van der Waals surface area contributed by atoms with Crippen LogP contribution in [0.5, 0.6) is 0 Å². The van der Waals surface area contributed by atoms with Gasteiger partial charge in [-0.05, 0) is 55.7 Å². The van der Waals surface area contributed by atoms with Crippen molar-refractivity contribution in [3.05, 3.63) is 42.0 Å². The molecule has 0 aliphatic heterocycles. The molecule has 0 saturated heterocycles. The van der Waals surface area contributed by atoms with E-state index in [4.69, 9.17) is 0 Å². The second kappa shape index (κ2) is 7.32. The summed E-state index contributed by atoms with van der Waals surface area (Å²) in [5.41, 5.74) is -0.120. The third-order valence-corrected chi connectivity index (χ3v) is 6.68. The van der Waals surface area contributed by atoms with Gasteiger partial charge >= 0.3 is 6.18 Å². The van der Waals surface area contributed by atoms with Crippen molar-refractivity contribution in [2.45, 2.75) is 37.9 Å². The largest absolute Gasteiger partial charge is 0.416 e. The number of nitrogens with one attached hydrogen (secondary N) is 2. The number of carbonyl (C=O) groups is 1. The molecule has 0 radical (unpaired) electrons. The van der Waals surface area contributed by atoms with Gasteiger partial charge in [-0.2, -0.15) is 13.2 Å². The maximum atomic E-state index is 13.7. The Kier molecular flexibility index (Phi) is 4.71. The van der Waals surface area contributed by atoms with Gasteiger partial charge in [0.25, 0.3) is 0 Å². The van der Waals surface area contributed by atoms with E-state index in [1.807, 2.05) is 0 Å². The van der Waals surface area contributed by atoms with Crippen LogP contribution < -0.4 is 5.32 Å². The molecule has 0 amide bonds. The highest BCUT2D eigenvalue weighted by atomic mass is 19.4. The topological polar surface area (TPSA) is 70.7 Å². The van der Waals surface area contributed by atoms with Crippen molar-refractivity contribution in [2.75, 3.05) is 5.32 Å². The van der Waals surface area contributed by atoms with Crippen molar-refractivity contribution in [1.29, 1.82) is 0 Å². The number of halogens is 4. The lowest BCUT2D eigenvalue weighted by Crippen LogP contribution is -2.49. The molecule has 3 saturated carbocycles. The van der Waals surface area contributed by atoms with E-state index in [1.165, 1.54) is 12.3 Å². The van der Waals surface area contributed by atoms with Gasteiger partial charge in [0.2, 0.25) is 0 Å². The Hall–Kier alpha value is -2.97. The van der Waals surface area contributed by atoms with E-state index >= 15 is 0 Å². The molecule has 2 bridgehead atoms. The fraction of sp³-hybridized carbons (Fsp3) is 0.409. The van der Waals surface area contributed by atoms with Gasteiger partial charge in [0.1, 0.15) is 23.6 Å². The van der Waals surface area contributed by atoms with Crippen LogP contribution in [0.1, 0.15) is 31.2 Å². The van der Waals surface area contributed by atoms with Crippen LogP contribution in [0, 0.1) is 23.6 Å². The van der Waals surface area contributed by atoms with E-state index in [0.717, 1.165) is 50.3 Å². The number of anilines is 1. The molecular weight excluding hydrogens is 412 g/mol. The Morgan fingerprint density at radius 2 is 1.84 bits per heavy atom. The van der Waals surface area contributed by atoms with E-state index < -0.39 is 17.6 Å². The lowest BCUT2D eigenvalue weighted by molar-refractivity contribution is -0.137. The van der Waals surface area contributed by atoms with Crippen LogP contribution in [0.3, 0.4) is 0 Å². The second-order valence-corrected chi connectivity index (χ2v) is 8.43. The van der Waals surface area contributed by atoms with Crippen molar-refractivity contribution >= 4 is 23.1 Å². The van der Waals surface area contributed by atoms with Crippen LogP contribution in [0.2, 0.25) is 0 Å². The molecule has 162 valence electrons. The number of H-pyrrole nitrogens is 1. The van der Waals surface area contributed by atoms with Gasteiger partial charge < -0.3 is 15.1 Å². The first-order chi connectivity index (χ1) is 14.8. The Balaban J connectivity index is 1.58. The predicted molar refractivity (Wildman–Crippen MR) is 107 cm³/mol. The van der Waals surface area contributed by atoms with E-state index in [-0.39, 0.29) is 35.3 Å². The summed E-state index contributed by atoms with van der Waals surface area (Å²) in [7, 11) is 0. The third kappa shape index (κ3) is 3.55. The lowest BCUT2D eigenvalue weighted by Gasteiger charge is -2.47. The number of alkyl halides is 3. The van der Waals surface area contributed by atoms with Crippen LogP contribution in [0.25, 0.3) is 22.3 Å². The zero-order valence-electron chi connectivity index (χ0n) is 16.4. The molecule has 6 rings (SSSR count). The van der Waals surface area contributed by atoms with Gasteiger partial charge in [-0.25, -0.2) is 14.4 Å². The molecule has 2 N–H and O–H groups in total. The summed E-state index contributed by atoms with van der Waals surface area (Å²) >= 11 is 0. The number of hydrogen-bond acceptors (Lipinski definition) is 4. The van der Waals surface area contributed by atoms with Gasteiger partial charge in [0, 0.05) is 29.1 Å². The minimum atomic E-state index is -4.58. The molecule has 3 aliphatic rings. The van der Waals surface area contributed by atoms with Gasteiger partial charge in [-0.1, -0.05) is 0 Å². The summed E-state index contributed by atoms with van der Waals surface area (Å²) < 4.78 is 54.7. The number of aromatic nitrogens is 3. The van der Waals surface area contributed by atoms with Crippen LogP contribution in [-0.2, 0) is 11.0 Å². The molecule has 9 heteroatoms. The first-order valence-corrected chi connectivity index (χ1v) is 10.3. The van der Waals surface area contributed by atoms with Gasteiger partial charge in [-0.3, -0.25) is 0 Å². The molecule has 2 atom stereocenters. The minimum Gasteiger partial charge on any atom is -0.366 e. The molecule has 3 aromatic rings. The fourth-order valence-corrected chi connectivity index (χ4v) is 5.17. The monoisotopic (exact) mass is 432 g/mol. The van der Waals surface area contributed by atoms with Crippen LogP contribution in [0.4, 0.5) is 23.4 Å². The minimum absolute atomic E-state index is 0.0552. The van der Waals surface area contributed by atoms with Crippen LogP contribution in [0.15, 0.2) is 30.6 Å². The van der Waals surface area contributed by atoms with E-state index in [0.29, 0.717) is 16.6 Å². The molecular formula is C22H20F4N4O. The summed E-state index contributed by atoms with van der Waals surface area (Å²) in [5, 5.41) is 3.49. The molecule has 3 aliphatic carbocycles. The van der Waals surface area contributed by atoms with Gasteiger partial charge in [0.15, 0.2) is 0 Å². The molecule has 0 unspecified atom stereocenters. The van der Waals surface area contributed by atoms with E-state index in [1.54, 1.807) is 0 Å². The molecule has 3 heterocycles. The number of rotatable bonds is 4. The summed E-state index contributed by atoms with van der Waals surface area (Å²) in [4.78, 5) is 22.9. The number of nitrogens with zero attached hydrogens (tertiary/aromatic N) is 2. The van der Waals surface area contributed by atoms with E-state index in [9.17, 15) is 22.4 Å². The molecule has 3 fully saturated rings. The number of carbonyl (C=O) groups excluding carboxylic acids is 1. The number of fused-ring (bicyclic) bond motifs is 4. The highest BCUT2D eigenvalue weighted by Crippen LogP contribution is 2.46.